The van der Waals surface area contributed by atoms with Gasteiger partial charge in [-0.2, -0.15) is 0 Å². The third kappa shape index (κ3) is 5.28. The van der Waals surface area contributed by atoms with Crippen molar-refractivity contribution in [3.63, 3.8) is 0 Å². The van der Waals surface area contributed by atoms with Gasteiger partial charge in [-0.05, 0) is 111 Å². The van der Waals surface area contributed by atoms with Crippen LogP contribution >= 0.6 is 67.8 Å². The van der Waals surface area contributed by atoms with Crippen molar-refractivity contribution in [3.05, 3.63) is 58.2 Å². The van der Waals surface area contributed by atoms with E-state index < -0.39 is 5.97 Å². The number of carbonyl (C=O) groups excluding carboxylic acids is 2. The lowest BCUT2D eigenvalue weighted by Crippen LogP contribution is -2.12. The lowest BCUT2D eigenvalue weighted by molar-refractivity contribution is 0.0505. The minimum atomic E-state index is -0.419. The first-order valence-electron chi connectivity index (χ1n) is 7.06. The van der Waals surface area contributed by atoms with Crippen molar-refractivity contribution in [1.29, 1.82) is 0 Å². The number of hydrogen-bond acceptors (Lipinski definition) is 4. The zero-order chi connectivity index (χ0) is 17.7. The highest BCUT2D eigenvalue weighted by Crippen LogP contribution is 2.24. The van der Waals surface area contributed by atoms with Crippen LogP contribution in [0.15, 0.2) is 36.4 Å². The van der Waals surface area contributed by atoms with Crippen LogP contribution in [0.5, 0.6) is 5.75 Å². The Balaban J connectivity index is 2.11. The normalized spacial score (nSPS) is 10.3. The van der Waals surface area contributed by atoms with Crippen LogP contribution in [0.2, 0.25) is 0 Å². The predicted octanol–water partition coefficient (Wildman–Crippen LogP) is 5.29. The second-order valence-electron chi connectivity index (χ2n) is 4.80. The van der Waals surface area contributed by atoms with E-state index in [1.165, 1.54) is 0 Å². The first-order valence-corrected chi connectivity index (χ1v) is 10.3. The smallest absolute Gasteiger partial charge is 0.344 e. The average molecular weight is 662 g/mol. The zero-order valence-electron chi connectivity index (χ0n) is 12.6. The lowest BCUT2D eigenvalue weighted by atomic mass is 10.2. The van der Waals surface area contributed by atoms with Gasteiger partial charge >= 0.3 is 11.9 Å². The summed E-state index contributed by atoms with van der Waals surface area (Å²) in [4.78, 5) is 24.1. The summed E-state index contributed by atoms with van der Waals surface area (Å²) in [5.74, 6) is -0.412. The minimum Gasteiger partial charge on any atom is -0.462 e. The van der Waals surface area contributed by atoms with Crippen molar-refractivity contribution >= 4 is 79.7 Å². The summed E-state index contributed by atoms with van der Waals surface area (Å²) in [6.45, 7) is 2.32. The van der Waals surface area contributed by atoms with E-state index in [2.05, 4.69) is 67.8 Å². The summed E-state index contributed by atoms with van der Waals surface area (Å²) in [5, 5.41) is 0. The van der Waals surface area contributed by atoms with Crippen LogP contribution in [0.1, 0.15) is 34.1 Å². The highest BCUT2D eigenvalue weighted by Gasteiger charge is 2.16. The van der Waals surface area contributed by atoms with Gasteiger partial charge in [-0.15, -0.1) is 0 Å². The Hall–Kier alpha value is -0.430. The number of hydrogen-bond donors (Lipinski definition) is 0. The molecule has 0 N–H and O–H groups in total. The Morgan fingerprint density at radius 3 is 2.29 bits per heavy atom. The molecule has 126 valence electrons. The maximum atomic E-state index is 12.4. The van der Waals surface area contributed by atoms with Crippen LogP contribution < -0.4 is 4.74 Å². The first kappa shape index (κ1) is 19.9. The molecule has 0 bridgehead atoms. The average Bonchev–Trinajstić information content (AvgIpc) is 2.56. The summed E-state index contributed by atoms with van der Waals surface area (Å²) in [5.41, 5.74) is 0.958. The van der Waals surface area contributed by atoms with Gasteiger partial charge in [-0.3, -0.25) is 0 Å². The van der Waals surface area contributed by atoms with Gasteiger partial charge in [-0.25, -0.2) is 9.59 Å². The fraction of sp³-hybridized carbons (Fsp3) is 0.176. The van der Waals surface area contributed by atoms with E-state index >= 15 is 0 Å². The van der Waals surface area contributed by atoms with Crippen LogP contribution in [0.25, 0.3) is 0 Å². The number of ether oxygens (including phenoxy) is 2. The second kappa shape index (κ2) is 9.32. The molecule has 0 aliphatic carbocycles. The molecule has 0 aliphatic heterocycles. The topological polar surface area (TPSA) is 52.6 Å². The molecular formula is C17H13I3O4. The van der Waals surface area contributed by atoms with Crippen LogP contribution in [0.3, 0.4) is 0 Å². The molecule has 4 nitrogen and oxygen atoms in total. The van der Waals surface area contributed by atoms with E-state index in [4.69, 9.17) is 9.47 Å². The van der Waals surface area contributed by atoms with Gasteiger partial charge in [0.2, 0.25) is 0 Å². The summed E-state index contributed by atoms with van der Waals surface area (Å²) in [6.07, 6.45) is 0.773. The molecule has 2 rings (SSSR count). The monoisotopic (exact) mass is 662 g/mol. The third-order valence-corrected chi connectivity index (χ3v) is 6.62. The van der Waals surface area contributed by atoms with Gasteiger partial charge in [-0.1, -0.05) is 6.92 Å². The Morgan fingerprint density at radius 1 is 1.00 bits per heavy atom. The molecule has 0 spiro atoms. The molecule has 0 amide bonds. The number of carbonyl (C=O) groups is 2. The summed E-state index contributed by atoms with van der Waals surface area (Å²) >= 11 is 6.49. The van der Waals surface area contributed by atoms with Crippen LogP contribution in [0, 0.1) is 10.7 Å². The summed E-state index contributed by atoms with van der Waals surface area (Å²) < 4.78 is 13.3. The van der Waals surface area contributed by atoms with Crippen LogP contribution in [-0.2, 0) is 4.74 Å². The molecule has 0 aromatic heterocycles. The molecule has 24 heavy (non-hydrogen) atoms. The van der Waals surface area contributed by atoms with E-state index in [1.54, 1.807) is 30.3 Å². The van der Waals surface area contributed by atoms with Gasteiger partial charge in [0.15, 0.2) is 0 Å². The Kier molecular flexibility index (Phi) is 7.72. The molecule has 0 saturated carbocycles. The van der Waals surface area contributed by atoms with Crippen molar-refractivity contribution < 1.29 is 19.1 Å². The molecule has 0 unspecified atom stereocenters. The van der Waals surface area contributed by atoms with Gasteiger partial charge in [0.1, 0.15) is 5.75 Å². The fourth-order valence-electron chi connectivity index (χ4n) is 1.80. The second-order valence-corrected chi connectivity index (χ2v) is 8.29. The Bertz CT molecular complexity index is 757. The van der Waals surface area contributed by atoms with Gasteiger partial charge in [0.05, 0.1) is 17.7 Å². The SMILES string of the molecule is CCCOC(=O)c1ccc(OC(=O)c2cc(I)cc(I)c2I)cc1. The number of esters is 2. The number of benzene rings is 2. The molecule has 0 fully saturated rings. The van der Waals surface area contributed by atoms with E-state index in [0.717, 1.165) is 17.1 Å². The van der Waals surface area contributed by atoms with Crippen molar-refractivity contribution in [2.45, 2.75) is 13.3 Å². The standard InChI is InChI=1S/C17H13I3O4/c1-2-7-23-16(21)10-3-5-12(6-4-10)24-17(22)13-8-11(18)9-14(19)15(13)20/h3-6,8-9H,2,7H2,1H3. The highest BCUT2D eigenvalue weighted by molar-refractivity contribution is 14.1. The summed E-state index contributed by atoms with van der Waals surface area (Å²) in [7, 11) is 0. The Labute approximate surface area is 181 Å². The van der Waals surface area contributed by atoms with Gasteiger partial charge < -0.3 is 9.47 Å². The molecule has 7 heteroatoms. The van der Waals surface area contributed by atoms with Crippen LogP contribution in [-0.4, -0.2) is 18.5 Å². The predicted molar refractivity (Wildman–Crippen MR) is 117 cm³/mol. The van der Waals surface area contributed by atoms with Crippen molar-refractivity contribution in [1.82, 2.24) is 0 Å². The van der Waals surface area contributed by atoms with Gasteiger partial charge in [0.25, 0.3) is 0 Å². The molecule has 2 aromatic carbocycles. The molecule has 0 heterocycles. The minimum absolute atomic E-state index is 0.378. The maximum absolute atomic E-state index is 12.4. The Morgan fingerprint density at radius 2 is 1.67 bits per heavy atom. The maximum Gasteiger partial charge on any atom is 0.344 e. The lowest BCUT2D eigenvalue weighted by Gasteiger charge is -2.09. The largest absolute Gasteiger partial charge is 0.462 e. The number of rotatable bonds is 5. The molecule has 0 saturated heterocycles. The fourth-order valence-corrected chi connectivity index (χ4v) is 4.18. The summed E-state index contributed by atoms with van der Waals surface area (Å²) in [6, 6.07) is 10.1. The highest BCUT2D eigenvalue weighted by atomic mass is 127. The zero-order valence-corrected chi connectivity index (χ0v) is 19.1. The third-order valence-electron chi connectivity index (χ3n) is 2.95. The quantitative estimate of drug-likeness (QED) is 0.189. The van der Waals surface area contributed by atoms with Crippen molar-refractivity contribution in [3.8, 4) is 5.75 Å². The number of halogens is 3. The van der Waals surface area contributed by atoms with Crippen molar-refractivity contribution in [2.24, 2.45) is 0 Å². The van der Waals surface area contributed by atoms with E-state index in [0.29, 0.717) is 23.5 Å². The van der Waals surface area contributed by atoms with Crippen LogP contribution in [0.4, 0.5) is 0 Å². The van der Waals surface area contributed by atoms with E-state index in [1.807, 2.05) is 13.0 Å². The van der Waals surface area contributed by atoms with E-state index in [-0.39, 0.29) is 5.97 Å². The van der Waals surface area contributed by atoms with Crippen molar-refractivity contribution in [2.75, 3.05) is 6.61 Å². The molecule has 0 atom stereocenters. The molecular weight excluding hydrogens is 649 g/mol. The van der Waals surface area contributed by atoms with Gasteiger partial charge in [0, 0.05) is 10.7 Å². The molecule has 2 aromatic rings. The van der Waals surface area contributed by atoms with E-state index in [9.17, 15) is 9.59 Å². The molecule has 0 radical (unpaired) electrons. The molecule has 0 aliphatic rings. The first-order chi connectivity index (χ1) is 11.4.